The van der Waals surface area contributed by atoms with Crippen LogP contribution in [0, 0.1) is 6.92 Å². The summed E-state index contributed by atoms with van der Waals surface area (Å²) in [6.45, 7) is 2.07. The van der Waals surface area contributed by atoms with Gasteiger partial charge in [0, 0.05) is 7.05 Å². The van der Waals surface area contributed by atoms with Gasteiger partial charge in [-0.1, -0.05) is 36.4 Å². The van der Waals surface area contributed by atoms with Crippen molar-refractivity contribution in [1.82, 2.24) is 9.55 Å². The van der Waals surface area contributed by atoms with Gasteiger partial charge in [-0.3, -0.25) is 0 Å². The average Bonchev–Trinajstić information content (AvgIpc) is 2.78. The summed E-state index contributed by atoms with van der Waals surface area (Å²) in [5.74, 6) is 0.732. The number of anilines is 1. The van der Waals surface area contributed by atoms with Crippen molar-refractivity contribution in [2.75, 3.05) is 5.43 Å². The highest BCUT2D eigenvalue weighted by Crippen LogP contribution is 2.17. The molecule has 1 aromatic heterocycles. The number of benzene rings is 2. The van der Waals surface area contributed by atoms with Gasteiger partial charge in [-0.05, 0) is 30.2 Å². The summed E-state index contributed by atoms with van der Waals surface area (Å²) in [5, 5.41) is 4.27. The summed E-state index contributed by atoms with van der Waals surface area (Å²) in [4.78, 5) is 4.50. The lowest BCUT2D eigenvalue weighted by Crippen LogP contribution is -1.99. The van der Waals surface area contributed by atoms with Crippen molar-refractivity contribution in [2.45, 2.75) is 6.92 Å². The number of imidazole rings is 1. The molecule has 0 fully saturated rings. The van der Waals surface area contributed by atoms with E-state index in [0.29, 0.717) is 0 Å². The summed E-state index contributed by atoms with van der Waals surface area (Å²) in [6, 6.07) is 16.1. The molecule has 1 heterocycles. The summed E-state index contributed by atoms with van der Waals surface area (Å²) in [6.07, 6.45) is 1.81. The van der Waals surface area contributed by atoms with Crippen LogP contribution in [0.1, 0.15) is 11.1 Å². The van der Waals surface area contributed by atoms with Crippen LogP contribution in [0.3, 0.4) is 0 Å². The number of nitrogens with one attached hydrogen (secondary N) is 1. The first-order valence-corrected chi connectivity index (χ1v) is 6.52. The van der Waals surface area contributed by atoms with Crippen molar-refractivity contribution in [1.29, 1.82) is 0 Å². The molecule has 3 aromatic rings. The molecule has 2 aromatic carbocycles. The van der Waals surface area contributed by atoms with Crippen molar-refractivity contribution < 1.29 is 0 Å². The number of hydrogen-bond donors (Lipinski definition) is 1. The number of fused-ring (bicyclic) bond motifs is 1. The summed E-state index contributed by atoms with van der Waals surface area (Å²) in [5.41, 5.74) is 7.34. The minimum atomic E-state index is 0.732. The van der Waals surface area contributed by atoms with Gasteiger partial charge in [-0.2, -0.15) is 5.10 Å². The third-order valence-corrected chi connectivity index (χ3v) is 3.34. The number of rotatable bonds is 3. The Morgan fingerprint density at radius 3 is 2.65 bits per heavy atom. The normalized spacial score (nSPS) is 11.3. The van der Waals surface area contributed by atoms with E-state index in [1.807, 2.05) is 60.3 Å². The van der Waals surface area contributed by atoms with Gasteiger partial charge < -0.3 is 4.57 Å². The fourth-order valence-electron chi connectivity index (χ4n) is 2.14. The summed E-state index contributed by atoms with van der Waals surface area (Å²) >= 11 is 0. The third-order valence-electron chi connectivity index (χ3n) is 3.34. The van der Waals surface area contributed by atoms with E-state index in [9.17, 15) is 0 Å². The fourth-order valence-corrected chi connectivity index (χ4v) is 2.14. The topological polar surface area (TPSA) is 42.2 Å². The number of hydrogen-bond acceptors (Lipinski definition) is 3. The third kappa shape index (κ3) is 2.28. The Morgan fingerprint density at radius 2 is 1.85 bits per heavy atom. The van der Waals surface area contributed by atoms with Crippen LogP contribution >= 0.6 is 0 Å². The maximum atomic E-state index is 4.50. The second-order valence-corrected chi connectivity index (χ2v) is 4.71. The van der Waals surface area contributed by atoms with Gasteiger partial charge in [0.05, 0.1) is 17.2 Å². The lowest BCUT2D eigenvalue weighted by molar-refractivity contribution is 0.943. The quantitative estimate of drug-likeness (QED) is 0.582. The molecular formula is C16H16N4. The van der Waals surface area contributed by atoms with E-state index < -0.39 is 0 Å². The van der Waals surface area contributed by atoms with Crippen LogP contribution in [0.4, 0.5) is 5.95 Å². The van der Waals surface area contributed by atoms with Gasteiger partial charge in [-0.15, -0.1) is 0 Å². The largest absolute Gasteiger partial charge is 0.312 e. The van der Waals surface area contributed by atoms with Gasteiger partial charge in [-0.25, -0.2) is 10.4 Å². The summed E-state index contributed by atoms with van der Waals surface area (Å²) < 4.78 is 1.99. The first-order valence-electron chi connectivity index (χ1n) is 6.52. The van der Waals surface area contributed by atoms with Gasteiger partial charge >= 0.3 is 0 Å². The smallest absolute Gasteiger partial charge is 0.224 e. The van der Waals surface area contributed by atoms with E-state index in [0.717, 1.165) is 22.5 Å². The number of aromatic nitrogens is 2. The molecule has 0 radical (unpaired) electrons. The number of para-hydroxylation sites is 2. The first kappa shape index (κ1) is 12.4. The van der Waals surface area contributed by atoms with Crippen LogP contribution in [0.2, 0.25) is 0 Å². The molecule has 0 aliphatic carbocycles. The molecule has 0 amide bonds. The number of aryl methyl sites for hydroxylation is 2. The van der Waals surface area contributed by atoms with Crippen molar-refractivity contribution in [3.63, 3.8) is 0 Å². The molecule has 20 heavy (non-hydrogen) atoms. The average molecular weight is 264 g/mol. The Morgan fingerprint density at radius 1 is 1.10 bits per heavy atom. The molecule has 0 unspecified atom stereocenters. The van der Waals surface area contributed by atoms with Crippen molar-refractivity contribution in [3.8, 4) is 0 Å². The Bertz CT molecular complexity index is 771. The molecule has 0 saturated carbocycles. The van der Waals surface area contributed by atoms with Gasteiger partial charge in [0.25, 0.3) is 0 Å². The molecule has 0 atom stereocenters. The Labute approximate surface area is 117 Å². The summed E-state index contributed by atoms with van der Waals surface area (Å²) in [7, 11) is 1.97. The molecule has 3 rings (SSSR count). The van der Waals surface area contributed by atoms with Crippen LogP contribution < -0.4 is 5.43 Å². The van der Waals surface area contributed by atoms with Crippen LogP contribution in [0.15, 0.2) is 53.6 Å². The lowest BCUT2D eigenvalue weighted by Gasteiger charge is -2.01. The van der Waals surface area contributed by atoms with Crippen LogP contribution in [-0.2, 0) is 7.05 Å². The van der Waals surface area contributed by atoms with E-state index in [-0.39, 0.29) is 0 Å². The maximum absolute atomic E-state index is 4.50. The maximum Gasteiger partial charge on any atom is 0.224 e. The molecule has 4 heteroatoms. The van der Waals surface area contributed by atoms with Crippen molar-refractivity contribution in [2.24, 2.45) is 12.1 Å². The molecule has 100 valence electrons. The van der Waals surface area contributed by atoms with Crippen molar-refractivity contribution >= 4 is 23.2 Å². The Kier molecular flexibility index (Phi) is 3.21. The van der Waals surface area contributed by atoms with E-state index in [4.69, 9.17) is 0 Å². The SMILES string of the molecule is Cc1ccccc1/C=N\Nc1nc2ccccc2n1C. The lowest BCUT2D eigenvalue weighted by atomic mass is 10.1. The van der Waals surface area contributed by atoms with Crippen molar-refractivity contribution in [3.05, 3.63) is 59.7 Å². The zero-order chi connectivity index (χ0) is 13.9. The minimum absolute atomic E-state index is 0.732. The first-order chi connectivity index (χ1) is 9.75. The van der Waals surface area contributed by atoms with E-state index in [2.05, 4.69) is 28.5 Å². The van der Waals surface area contributed by atoms with Gasteiger partial charge in [0.1, 0.15) is 0 Å². The van der Waals surface area contributed by atoms with Crippen LogP contribution in [0.25, 0.3) is 11.0 Å². The number of hydrazone groups is 1. The zero-order valence-electron chi connectivity index (χ0n) is 11.5. The second-order valence-electron chi connectivity index (χ2n) is 4.71. The zero-order valence-corrected chi connectivity index (χ0v) is 11.5. The molecule has 0 bridgehead atoms. The molecule has 0 aliphatic rings. The fraction of sp³-hybridized carbons (Fsp3) is 0.125. The predicted octanol–water partition coefficient (Wildman–Crippen LogP) is 3.33. The highest BCUT2D eigenvalue weighted by atomic mass is 15.4. The van der Waals surface area contributed by atoms with Crippen LogP contribution in [0.5, 0.6) is 0 Å². The molecular weight excluding hydrogens is 248 g/mol. The number of nitrogens with zero attached hydrogens (tertiary/aromatic N) is 3. The predicted molar refractivity (Wildman–Crippen MR) is 83.1 cm³/mol. The molecule has 0 spiro atoms. The second kappa shape index (κ2) is 5.17. The Hall–Kier alpha value is -2.62. The van der Waals surface area contributed by atoms with Crippen LogP contribution in [-0.4, -0.2) is 15.8 Å². The molecule has 0 aliphatic heterocycles. The van der Waals surface area contributed by atoms with Gasteiger partial charge in [0.15, 0.2) is 0 Å². The van der Waals surface area contributed by atoms with E-state index in [1.54, 1.807) is 0 Å². The molecule has 0 saturated heterocycles. The monoisotopic (exact) mass is 264 g/mol. The standard InChI is InChI=1S/C16H16N4/c1-12-7-3-4-8-13(12)11-17-19-16-18-14-9-5-6-10-15(14)20(16)2/h3-11H,1-2H3,(H,18,19)/b17-11-. The molecule has 1 N–H and O–H groups in total. The van der Waals surface area contributed by atoms with E-state index in [1.165, 1.54) is 5.56 Å². The van der Waals surface area contributed by atoms with Gasteiger partial charge in [0.2, 0.25) is 5.95 Å². The highest BCUT2D eigenvalue weighted by molar-refractivity contribution is 5.82. The Balaban J connectivity index is 1.84. The molecule has 4 nitrogen and oxygen atoms in total. The highest BCUT2D eigenvalue weighted by Gasteiger charge is 2.05. The van der Waals surface area contributed by atoms with E-state index >= 15 is 0 Å². The minimum Gasteiger partial charge on any atom is -0.312 e.